The Morgan fingerprint density at radius 1 is 0.778 bits per heavy atom. The molecule has 0 unspecified atom stereocenters. The molecular weight excluding hydrogens is 398 g/mol. The first-order valence-electron chi connectivity index (χ1n) is 8.53. The van der Waals surface area contributed by atoms with Gasteiger partial charge in [0.15, 0.2) is 0 Å². The average molecular weight is 419 g/mol. The van der Waals surface area contributed by atoms with Crippen molar-refractivity contribution < 1.29 is 9.53 Å². The van der Waals surface area contributed by atoms with Crippen LogP contribution in [-0.4, -0.2) is 17.4 Å². The van der Waals surface area contributed by atoms with Gasteiger partial charge in [0.05, 0.1) is 6.61 Å². The minimum Gasteiger partial charge on any atom is -0.464 e. The second-order valence-corrected chi connectivity index (χ2v) is 8.71. The van der Waals surface area contributed by atoms with Gasteiger partial charge in [-0.2, -0.15) is 0 Å². The smallest absolute Gasteiger partial charge is 0.339 e. The van der Waals surface area contributed by atoms with Crippen LogP contribution in [0, 0.1) is 0 Å². The van der Waals surface area contributed by atoms with Gasteiger partial charge in [0.25, 0.3) is 0 Å². The summed E-state index contributed by atoms with van der Waals surface area (Å²) in [5.41, 5.74) is 0. The van der Waals surface area contributed by atoms with E-state index in [-0.39, 0.29) is 0 Å². The van der Waals surface area contributed by atoms with Crippen LogP contribution in [0.2, 0.25) is 0 Å². The minimum absolute atomic E-state index is 0.314. The third-order valence-corrected chi connectivity index (χ3v) is 6.31. The van der Waals surface area contributed by atoms with Gasteiger partial charge in [-0.25, -0.2) is 4.79 Å². The highest BCUT2D eigenvalue weighted by Crippen LogP contribution is 2.32. The largest absolute Gasteiger partial charge is 0.464 e. The monoisotopic (exact) mass is 418 g/mol. The molecule has 0 amide bonds. The fourth-order valence-electron chi connectivity index (χ4n) is 2.38. The molecule has 3 aromatic rings. The van der Waals surface area contributed by atoms with E-state index in [1.165, 1.54) is 15.9 Å². The normalized spacial score (nSPS) is 10.3. The Morgan fingerprint density at radius 3 is 1.33 bits per heavy atom. The molecule has 0 heterocycles. The van der Waals surface area contributed by atoms with Crippen molar-refractivity contribution in [2.24, 2.45) is 0 Å². The van der Waals surface area contributed by atoms with E-state index in [1.807, 2.05) is 0 Å². The van der Waals surface area contributed by atoms with Crippen molar-refractivity contribution >= 4 is 53.0 Å². The number of halogens is 2. The lowest BCUT2D eigenvalue weighted by Gasteiger charge is -2.18. The number of rotatable bonds is 5. The van der Waals surface area contributed by atoms with Gasteiger partial charge in [-0.1, -0.05) is 114 Å². The van der Waals surface area contributed by atoms with Crippen LogP contribution in [0.15, 0.2) is 91.0 Å². The van der Waals surface area contributed by atoms with Gasteiger partial charge in [0.1, 0.15) is 0 Å². The molecule has 0 aromatic heterocycles. The molecule has 0 spiro atoms. The van der Waals surface area contributed by atoms with Gasteiger partial charge in [-0.3, -0.25) is 0 Å². The molecule has 0 fully saturated rings. The van der Waals surface area contributed by atoms with Crippen molar-refractivity contribution in [2.45, 2.75) is 11.8 Å². The highest BCUT2D eigenvalue weighted by molar-refractivity contribution is 7.79. The lowest BCUT2D eigenvalue weighted by molar-refractivity contribution is -0.140. The van der Waals surface area contributed by atoms with Crippen molar-refractivity contribution in [1.29, 1.82) is 0 Å². The number of esters is 1. The second kappa shape index (κ2) is 11.8. The highest BCUT2D eigenvalue weighted by Gasteiger charge is 2.15. The molecule has 0 aliphatic carbocycles. The molecular formula is C22H21Cl2O2P. The zero-order chi connectivity index (χ0) is 19.5. The Hall–Kier alpha value is -1.86. The zero-order valence-corrected chi connectivity index (χ0v) is 17.4. The molecule has 5 heteroatoms. The predicted octanol–water partition coefficient (Wildman–Crippen LogP) is 4.80. The lowest BCUT2D eigenvalue weighted by atomic mass is 10.4. The van der Waals surface area contributed by atoms with Gasteiger partial charge in [0, 0.05) is 0 Å². The van der Waals surface area contributed by atoms with Crippen molar-refractivity contribution in [3.63, 3.8) is 0 Å². The van der Waals surface area contributed by atoms with Crippen molar-refractivity contribution in [3.8, 4) is 0 Å². The first-order valence-corrected chi connectivity index (χ1v) is 10.7. The van der Waals surface area contributed by atoms with Crippen LogP contribution in [0.3, 0.4) is 0 Å². The fraction of sp³-hybridized carbons (Fsp3) is 0.136. The summed E-state index contributed by atoms with van der Waals surface area (Å²) in [5.74, 6) is -0.587. The second-order valence-electron chi connectivity index (χ2n) is 5.39. The molecule has 0 bridgehead atoms. The van der Waals surface area contributed by atoms with Crippen LogP contribution in [0.4, 0.5) is 0 Å². The molecule has 0 aliphatic heterocycles. The summed E-state index contributed by atoms with van der Waals surface area (Å²) in [6, 6.07) is 32.3. The number of hydrogen-bond acceptors (Lipinski definition) is 2. The molecule has 0 aliphatic rings. The van der Waals surface area contributed by atoms with E-state index >= 15 is 0 Å². The summed E-state index contributed by atoms with van der Waals surface area (Å²) in [7, 11) is -0.446. The third kappa shape index (κ3) is 6.99. The van der Waals surface area contributed by atoms with Crippen molar-refractivity contribution in [3.05, 3.63) is 91.0 Å². The van der Waals surface area contributed by atoms with E-state index in [9.17, 15) is 4.79 Å². The Bertz CT molecular complexity index is 702. The van der Waals surface area contributed by atoms with E-state index in [1.54, 1.807) is 6.92 Å². The van der Waals surface area contributed by atoms with E-state index in [0.29, 0.717) is 6.61 Å². The predicted molar refractivity (Wildman–Crippen MR) is 117 cm³/mol. The fourth-order valence-corrected chi connectivity index (χ4v) is 4.81. The molecule has 140 valence electrons. The Kier molecular flexibility index (Phi) is 9.35. The maximum absolute atomic E-state index is 10.3. The van der Waals surface area contributed by atoms with E-state index in [2.05, 4.69) is 95.7 Å². The quantitative estimate of drug-likeness (QED) is 0.338. The summed E-state index contributed by atoms with van der Waals surface area (Å²) < 4.78 is 4.40. The SMILES string of the molecule is CCOC(=O)C(Cl)Cl.c1ccc(P(c2ccccc2)c2ccccc2)cc1. The lowest BCUT2D eigenvalue weighted by Crippen LogP contribution is -2.20. The van der Waals surface area contributed by atoms with Crippen LogP contribution >= 0.6 is 31.1 Å². The first kappa shape index (κ1) is 21.4. The van der Waals surface area contributed by atoms with Crippen LogP contribution in [0.25, 0.3) is 0 Å². The average Bonchev–Trinajstić information content (AvgIpc) is 2.71. The first-order chi connectivity index (χ1) is 13.1. The zero-order valence-electron chi connectivity index (χ0n) is 15.0. The molecule has 0 saturated heterocycles. The van der Waals surface area contributed by atoms with E-state index in [0.717, 1.165) is 0 Å². The standard InChI is InChI=1S/C18H15P.C4H6Cl2O2/c1-4-10-16(11-5-1)19(17-12-6-2-7-13-17)18-14-8-3-9-15-18;1-2-8-4(7)3(5)6/h1-15H;3H,2H2,1H3. The molecule has 0 atom stereocenters. The molecule has 3 aromatic carbocycles. The summed E-state index contributed by atoms with van der Waals surface area (Å²) in [5, 5.41) is 4.19. The number of carbonyl (C=O) groups excluding carboxylic acids is 1. The van der Waals surface area contributed by atoms with Crippen LogP contribution < -0.4 is 15.9 Å². The van der Waals surface area contributed by atoms with Gasteiger partial charge < -0.3 is 4.74 Å². The molecule has 2 nitrogen and oxygen atoms in total. The Morgan fingerprint density at radius 2 is 1.11 bits per heavy atom. The molecule has 0 N–H and O–H groups in total. The Balaban J connectivity index is 0.000000279. The maximum atomic E-state index is 10.3. The summed E-state index contributed by atoms with van der Waals surface area (Å²) in [6.07, 6.45) is 0. The number of carbonyl (C=O) groups is 1. The van der Waals surface area contributed by atoms with Gasteiger partial charge in [-0.15, -0.1) is 0 Å². The number of alkyl halides is 2. The van der Waals surface area contributed by atoms with Crippen LogP contribution in [0.5, 0.6) is 0 Å². The topological polar surface area (TPSA) is 26.3 Å². The van der Waals surface area contributed by atoms with Gasteiger partial charge in [0.2, 0.25) is 4.84 Å². The number of benzene rings is 3. The van der Waals surface area contributed by atoms with Crippen molar-refractivity contribution in [2.75, 3.05) is 6.61 Å². The number of hydrogen-bond donors (Lipinski definition) is 0. The van der Waals surface area contributed by atoms with Crippen molar-refractivity contribution in [1.82, 2.24) is 0 Å². The molecule has 0 radical (unpaired) electrons. The van der Waals surface area contributed by atoms with E-state index in [4.69, 9.17) is 23.2 Å². The highest BCUT2D eigenvalue weighted by atomic mass is 35.5. The molecule has 0 saturated carbocycles. The van der Waals surface area contributed by atoms with Gasteiger partial charge in [-0.05, 0) is 30.8 Å². The third-order valence-electron chi connectivity index (χ3n) is 3.51. The van der Waals surface area contributed by atoms with Gasteiger partial charge >= 0.3 is 5.97 Å². The van der Waals surface area contributed by atoms with E-state index < -0.39 is 18.7 Å². The molecule has 3 rings (SSSR count). The Labute approximate surface area is 171 Å². The molecule has 27 heavy (non-hydrogen) atoms. The number of ether oxygens (including phenoxy) is 1. The summed E-state index contributed by atoms with van der Waals surface area (Å²) in [6.45, 7) is 2.00. The van der Waals surface area contributed by atoms with Crippen LogP contribution in [0.1, 0.15) is 6.92 Å². The minimum atomic E-state index is -1.05. The van der Waals surface area contributed by atoms with Crippen LogP contribution in [-0.2, 0) is 9.53 Å². The summed E-state index contributed by atoms with van der Waals surface area (Å²) >= 11 is 10.2. The summed E-state index contributed by atoms with van der Waals surface area (Å²) in [4.78, 5) is 9.21. The maximum Gasteiger partial charge on any atom is 0.339 e.